The summed E-state index contributed by atoms with van der Waals surface area (Å²) < 4.78 is 6.73. The predicted octanol–water partition coefficient (Wildman–Crippen LogP) is 2.29. The third kappa shape index (κ3) is 3.86. The van der Waals surface area contributed by atoms with Gasteiger partial charge in [0.25, 0.3) is 0 Å². The molecule has 1 atom stereocenters. The molecule has 0 saturated heterocycles. The monoisotopic (exact) mass is 343 g/mol. The molecule has 24 heavy (non-hydrogen) atoms. The number of para-hydroxylation sites is 2. The van der Waals surface area contributed by atoms with Crippen molar-refractivity contribution >= 4 is 28.8 Å². The van der Waals surface area contributed by atoms with E-state index in [4.69, 9.17) is 4.42 Å². The van der Waals surface area contributed by atoms with E-state index < -0.39 is 5.76 Å². The number of fused-ring (bicyclic) bond motifs is 1. The van der Waals surface area contributed by atoms with E-state index in [2.05, 4.69) is 10.3 Å². The van der Waals surface area contributed by atoms with Gasteiger partial charge in [-0.05, 0) is 31.2 Å². The number of hydrogen-bond acceptors (Lipinski definition) is 5. The highest BCUT2D eigenvalue weighted by Gasteiger charge is 2.13. The molecule has 1 N–H and O–H groups in total. The second-order valence-electron chi connectivity index (χ2n) is 5.39. The Hall–Kier alpha value is -2.54. The summed E-state index contributed by atoms with van der Waals surface area (Å²) in [5, 5.41) is 2.90. The lowest BCUT2D eigenvalue weighted by Crippen LogP contribution is -2.38. The second-order valence-corrected chi connectivity index (χ2v) is 6.44. The molecular weight excluding hydrogens is 326 g/mol. The zero-order chi connectivity index (χ0) is 16.9. The van der Waals surface area contributed by atoms with Crippen LogP contribution in [0.15, 0.2) is 62.9 Å². The van der Waals surface area contributed by atoms with Crippen LogP contribution >= 0.6 is 11.8 Å². The molecule has 3 rings (SSSR count). The van der Waals surface area contributed by atoms with Crippen molar-refractivity contribution in [3.05, 3.63) is 59.3 Å². The van der Waals surface area contributed by atoms with E-state index in [9.17, 15) is 9.59 Å². The molecule has 1 amide bonds. The molecule has 0 unspecified atom stereocenters. The van der Waals surface area contributed by atoms with E-state index in [-0.39, 0.29) is 11.9 Å². The number of rotatable bonds is 6. The lowest BCUT2D eigenvalue weighted by Gasteiger charge is -2.14. The molecule has 0 aliphatic rings. The molecule has 7 heteroatoms. The number of aromatic nitrogens is 2. The molecule has 0 aliphatic heterocycles. The van der Waals surface area contributed by atoms with E-state index in [0.717, 1.165) is 10.4 Å². The first kappa shape index (κ1) is 16.3. The number of carbonyl (C=O) groups excluding carboxylic acids is 1. The Kier molecular flexibility index (Phi) is 5.00. The summed E-state index contributed by atoms with van der Waals surface area (Å²) in [6, 6.07) is 10.8. The Morgan fingerprint density at radius 1 is 1.29 bits per heavy atom. The van der Waals surface area contributed by atoms with Gasteiger partial charge in [-0.3, -0.25) is 14.3 Å². The number of pyridine rings is 1. The summed E-state index contributed by atoms with van der Waals surface area (Å²) in [5.74, 6) is -0.177. The first-order valence-corrected chi connectivity index (χ1v) is 8.52. The van der Waals surface area contributed by atoms with Gasteiger partial charge in [0.1, 0.15) is 0 Å². The third-order valence-electron chi connectivity index (χ3n) is 3.46. The van der Waals surface area contributed by atoms with Crippen molar-refractivity contribution in [2.75, 3.05) is 5.75 Å². The van der Waals surface area contributed by atoms with Gasteiger partial charge in [-0.2, -0.15) is 0 Å². The fraction of sp³-hybridized carbons (Fsp3) is 0.235. The second kappa shape index (κ2) is 7.35. The van der Waals surface area contributed by atoms with Crippen LogP contribution in [0, 0.1) is 0 Å². The van der Waals surface area contributed by atoms with Crippen molar-refractivity contribution in [3.63, 3.8) is 0 Å². The number of thioether (sulfide) groups is 1. The Balaban J connectivity index is 1.58. The Labute approximate surface area is 142 Å². The van der Waals surface area contributed by atoms with Crippen LogP contribution in [0.3, 0.4) is 0 Å². The van der Waals surface area contributed by atoms with Crippen LogP contribution in [0.5, 0.6) is 0 Å². The molecule has 0 radical (unpaired) electrons. The predicted molar refractivity (Wildman–Crippen MR) is 93.0 cm³/mol. The summed E-state index contributed by atoms with van der Waals surface area (Å²) in [6.45, 7) is 2.23. The van der Waals surface area contributed by atoms with Gasteiger partial charge in [0.15, 0.2) is 5.58 Å². The topological polar surface area (TPSA) is 77.1 Å². The number of benzene rings is 1. The van der Waals surface area contributed by atoms with Crippen molar-refractivity contribution < 1.29 is 9.21 Å². The first-order valence-electron chi connectivity index (χ1n) is 7.54. The van der Waals surface area contributed by atoms with Crippen LogP contribution in [-0.2, 0) is 11.3 Å². The SMILES string of the molecule is C[C@@H](Cn1c(=O)oc2ccccc21)NC(=O)CSc1ccncc1. The molecule has 0 fully saturated rings. The van der Waals surface area contributed by atoms with Crippen molar-refractivity contribution in [2.24, 2.45) is 0 Å². The lowest BCUT2D eigenvalue weighted by molar-refractivity contribution is -0.119. The van der Waals surface area contributed by atoms with E-state index >= 15 is 0 Å². The molecule has 1 aromatic carbocycles. The van der Waals surface area contributed by atoms with Crippen molar-refractivity contribution in [1.29, 1.82) is 0 Å². The fourth-order valence-corrected chi connectivity index (χ4v) is 3.10. The quantitative estimate of drug-likeness (QED) is 0.695. The van der Waals surface area contributed by atoms with Gasteiger partial charge in [-0.15, -0.1) is 11.8 Å². The highest BCUT2D eigenvalue weighted by Crippen LogP contribution is 2.16. The molecule has 0 spiro atoms. The number of amides is 1. The Bertz CT molecular complexity index is 889. The van der Waals surface area contributed by atoms with Crippen LogP contribution in [0.1, 0.15) is 6.92 Å². The Morgan fingerprint density at radius 3 is 2.83 bits per heavy atom. The fourth-order valence-electron chi connectivity index (χ4n) is 2.41. The van der Waals surface area contributed by atoms with Crippen LogP contribution in [-0.4, -0.2) is 27.3 Å². The highest BCUT2D eigenvalue weighted by atomic mass is 32.2. The number of hydrogen-bond donors (Lipinski definition) is 1. The average Bonchev–Trinajstić information content (AvgIpc) is 2.90. The largest absolute Gasteiger partial charge is 0.420 e. The zero-order valence-electron chi connectivity index (χ0n) is 13.1. The first-order chi connectivity index (χ1) is 11.6. The van der Waals surface area contributed by atoms with E-state index in [1.165, 1.54) is 16.3 Å². The van der Waals surface area contributed by atoms with Gasteiger partial charge in [0.2, 0.25) is 5.91 Å². The molecule has 3 aromatic rings. The molecule has 2 heterocycles. The zero-order valence-corrected chi connectivity index (χ0v) is 14.0. The average molecular weight is 343 g/mol. The van der Waals surface area contributed by atoms with Crippen molar-refractivity contribution in [3.8, 4) is 0 Å². The minimum absolute atomic E-state index is 0.0786. The summed E-state index contributed by atoms with van der Waals surface area (Å²) >= 11 is 1.45. The molecule has 124 valence electrons. The highest BCUT2D eigenvalue weighted by molar-refractivity contribution is 8.00. The van der Waals surface area contributed by atoms with E-state index in [1.807, 2.05) is 37.3 Å². The summed E-state index contributed by atoms with van der Waals surface area (Å²) in [4.78, 5) is 28.9. The van der Waals surface area contributed by atoms with Gasteiger partial charge in [-0.1, -0.05) is 12.1 Å². The van der Waals surface area contributed by atoms with Crippen LogP contribution in [0.2, 0.25) is 0 Å². The van der Waals surface area contributed by atoms with Gasteiger partial charge >= 0.3 is 5.76 Å². The van der Waals surface area contributed by atoms with Crippen molar-refractivity contribution in [2.45, 2.75) is 24.4 Å². The van der Waals surface area contributed by atoms with Crippen LogP contribution in [0.25, 0.3) is 11.1 Å². The minimum Gasteiger partial charge on any atom is -0.408 e. The maximum Gasteiger partial charge on any atom is 0.420 e. The molecule has 0 bridgehead atoms. The Morgan fingerprint density at radius 2 is 2.04 bits per heavy atom. The molecule has 0 aliphatic carbocycles. The standard InChI is InChI=1S/C17H17N3O3S/c1-12(19-16(21)11-24-13-6-8-18-9-7-13)10-20-14-4-2-3-5-15(14)23-17(20)22/h2-9,12H,10-11H2,1H3,(H,19,21)/t12-/m0/s1. The third-order valence-corrected chi connectivity index (χ3v) is 4.47. The van der Waals surface area contributed by atoms with Gasteiger partial charge in [-0.25, -0.2) is 4.79 Å². The van der Waals surface area contributed by atoms with Crippen molar-refractivity contribution in [1.82, 2.24) is 14.9 Å². The molecule has 0 saturated carbocycles. The number of oxazole rings is 1. The summed E-state index contributed by atoms with van der Waals surface area (Å²) in [7, 11) is 0. The van der Waals surface area contributed by atoms with Gasteiger partial charge < -0.3 is 9.73 Å². The minimum atomic E-state index is -0.413. The normalized spacial score (nSPS) is 12.2. The molecular formula is C17H17N3O3S. The van der Waals surface area contributed by atoms with Crippen LogP contribution < -0.4 is 11.1 Å². The van der Waals surface area contributed by atoms with Gasteiger partial charge in [0.05, 0.1) is 11.3 Å². The number of carbonyl (C=O) groups is 1. The van der Waals surface area contributed by atoms with Gasteiger partial charge in [0, 0.05) is 29.9 Å². The maximum atomic E-state index is 12.0. The lowest BCUT2D eigenvalue weighted by atomic mass is 10.3. The number of nitrogens with one attached hydrogen (secondary N) is 1. The van der Waals surface area contributed by atoms with E-state index in [1.54, 1.807) is 18.5 Å². The van der Waals surface area contributed by atoms with Crippen LogP contribution in [0.4, 0.5) is 0 Å². The number of nitrogens with zero attached hydrogens (tertiary/aromatic N) is 2. The summed E-state index contributed by atoms with van der Waals surface area (Å²) in [5.41, 5.74) is 1.28. The summed E-state index contributed by atoms with van der Waals surface area (Å²) in [6.07, 6.45) is 3.39. The maximum absolute atomic E-state index is 12.0. The smallest absolute Gasteiger partial charge is 0.408 e. The molecule has 6 nitrogen and oxygen atoms in total. The molecule has 2 aromatic heterocycles. The van der Waals surface area contributed by atoms with E-state index in [0.29, 0.717) is 17.9 Å².